The molecule has 0 saturated heterocycles. The van der Waals surface area contributed by atoms with Gasteiger partial charge in [-0.3, -0.25) is 9.13 Å². The second-order valence-electron chi connectivity index (χ2n) is 7.37. The van der Waals surface area contributed by atoms with E-state index in [0.717, 1.165) is 17.5 Å². The van der Waals surface area contributed by atoms with E-state index in [1.807, 2.05) is 31.2 Å². The lowest BCUT2D eigenvalue weighted by Crippen LogP contribution is -2.27. The molecule has 0 aliphatic heterocycles. The predicted octanol–water partition coefficient (Wildman–Crippen LogP) is 4.74. The molecule has 6 heteroatoms. The lowest BCUT2D eigenvalue weighted by molar-refractivity contribution is 0.0697. The molecule has 3 rings (SSSR count). The molecule has 5 nitrogen and oxygen atoms in total. The van der Waals surface area contributed by atoms with Crippen molar-refractivity contribution in [2.24, 2.45) is 0 Å². The molecule has 0 amide bonds. The lowest BCUT2D eigenvalue weighted by Gasteiger charge is -2.09. The zero-order valence-electron chi connectivity index (χ0n) is 16.9. The molecule has 0 aliphatic carbocycles. The van der Waals surface area contributed by atoms with Crippen LogP contribution in [0.5, 0.6) is 0 Å². The number of imidazole rings is 1. The number of aromatic carboxylic acids is 1. The van der Waals surface area contributed by atoms with E-state index >= 15 is 0 Å². The van der Waals surface area contributed by atoms with Gasteiger partial charge < -0.3 is 5.11 Å². The summed E-state index contributed by atoms with van der Waals surface area (Å²) in [5.41, 5.74) is 2.57. The lowest BCUT2D eigenvalue weighted by atomic mass is 9.99. The fourth-order valence-electron chi connectivity index (χ4n) is 3.56. The molecule has 0 fully saturated rings. The number of hydrogen-bond donors (Lipinski definition) is 1. The van der Waals surface area contributed by atoms with Gasteiger partial charge in [-0.05, 0) is 43.0 Å². The van der Waals surface area contributed by atoms with E-state index in [4.69, 9.17) is 0 Å². The highest BCUT2D eigenvalue weighted by Crippen LogP contribution is 2.24. The van der Waals surface area contributed by atoms with E-state index < -0.39 is 11.9 Å². The number of halogens is 1. The van der Waals surface area contributed by atoms with Crippen molar-refractivity contribution in [1.82, 2.24) is 9.13 Å². The fraction of sp³-hybridized carbons (Fsp3) is 0.304. The molecule has 0 bridgehead atoms. The summed E-state index contributed by atoms with van der Waals surface area (Å²) in [7, 11) is 0. The number of carboxylic acids is 1. The number of hydrogen-bond acceptors (Lipinski definition) is 2. The second-order valence-corrected chi connectivity index (χ2v) is 7.37. The van der Waals surface area contributed by atoms with Crippen LogP contribution in [0.15, 0.2) is 53.3 Å². The third-order valence-electron chi connectivity index (χ3n) is 4.98. The van der Waals surface area contributed by atoms with Crippen molar-refractivity contribution in [3.05, 3.63) is 81.8 Å². The smallest absolute Gasteiger partial charge is 0.336 e. The maximum absolute atomic E-state index is 14.8. The van der Waals surface area contributed by atoms with Gasteiger partial charge in [0.2, 0.25) is 5.95 Å². The minimum absolute atomic E-state index is 0.234. The van der Waals surface area contributed by atoms with E-state index in [1.54, 1.807) is 38.1 Å². The van der Waals surface area contributed by atoms with E-state index in [1.165, 1.54) is 9.13 Å². The van der Waals surface area contributed by atoms with Crippen molar-refractivity contribution in [2.75, 3.05) is 0 Å². The quantitative estimate of drug-likeness (QED) is 0.628. The minimum atomic E-state index is -0.981. The highest BCUT2D eigenvalue weighted by molar-refractivity contribution is 5.95. The van der Waals surface area contributed by atoms with Crippen molar-refractivity contribution < 1.29 is 14.3 Å². The summed E-state index contributed by atoms with van der Waals surface area (Å²) in [6.07, 6.45) is 1.23. The van der Waals surface area contributed by atoms with Gasteiger partial charge in [0.15, 0.2) is 0 Å². The number of rotatable bonds is 7. The standard InChI is InChI=1S/C23H25FN2O3/c1-4-7-20-21(24)26(15(2)3)23(29)25(20)14-16-10-12-17(13-11-16)18-8-5-6-9-19(18)22(27)28/h5-6,8-13,15H,4,7,14H2,1-3H3,(H,27,28). The average Bonchev–Trinajstić information content (AvgIpc) is 2.93. The minimum Gasteiger partial charge on any atom is -0.478 e. The second kappa shape index (κ2) is 8.47. The van der Waals surface area contributed by atoms with Crippen LogP contribution in [0.1, 0.15) is 54.8 Å². The molecule has 29 heavy (non-hydrogen) atoms. The molecule has 1 aromatic heterocycles. The van der Waals surface area contributed by atoms with Crippen molar-refractivity contribution >= 4 is 5.97 Å². The first-order chi connectivity index (χ1) is 13.8. The van der Waals surface area contributed by atoms with Gasteiger partial charge in [0.25, 0.3) is 0 Å². The van der Waals surface area contributed by atoms with Crippen molar-refractivity contribution in [3.8, 4) is 11.1 Å². The molecule has 1 N–H and O–H groups in total. The number of aromatic nitrogens is 2. The molecule has 0 unspecified atom stereocenters. The van der Waals surface area contributed by atoms with Crippen molar-refractivity contribution in [2.45, 2.75) is 46.2 Å². The molecule has 2 aromatic carbocycles. The van der Waals surface area contributed by atoms with Crippen LogP contribution in [-0.2, 0) is 13.0 Å². The summed E-state index contributed by atoms with van der Waals surface area (Å²) >= 11 is 0. The van der Waals surface area contributed by atoms with Gasteiger partial charge in [-0.15, -0.1) is 0 Å². The van der Waals surface area contributed by atoms with Crippen LogP contribution in [-0.4, -0.2) is 20.2 Å². The summed E-state index contributed by atoms with van der Waals surface area (Å²) in [6, 6.07) is 13.9. The van der Waals surface area contributed by atoms with E-state index in [2.05, 4.69) is 0 Å². The van der Waals surface area contributed by atoms with Crippen molar-refractivity contribution in [1.29, 1.82) is 0 Å². The predicted molar refractivity (Wildman–Crippen MR) is 111 cm³/mol. The zero-order valence-corrected chi connectivity index (χ0v) is 16.9. The summed E-state index contributed by atoms with van der Waals surface area (Å²) in [4.78, 5) is 24.2. The Morgan fingerprint density at radius 1 is 1.10 bits per heavy atom. The largest absolute Gasteiger partial charge is 0.478 e. The van der Waals surface area contributed by atoms with Crippen molar-refractivity contribution in [3.63, 3.8) is 0 Å². The normalized spacial score (nSPS) is 11.2. The maximum atomic E-state index is 14.8. The molecular weight excluding hydrogens is 371 g/mol. The summed E-state index contributed by atoms with van der Waals surface area (Å²) in [6.45, 7) is 5.81. The fourth-order valence-corrected chi connectivity index (χ4v) is 3.56. The van der Waals surface area contributed by atoms with Gasteiger partial charge in [0, 0.05) is 6.04 Å². The van der Waals surface area contributed by atoms with Gasteiger partial charge in [0.1, 0.15) is 0 Å². The van der Waals surface area contributed by atoms with Gasteiger partial charge in [0.05, 0.1) is 17.8 Å². The Hall–Kier alpha value is -3.15. The van der Waals surface area contributed by atoms with Crippen LogP contribution in [0.3, 0.4) is 0 Å². The van der Waals surface area contributed by atoms with Crippen LogP contribution in [0.2, 0.25) is 0 Å². The Labute approximate surface area is 169 Å². The van der Waals surface area contributed by atoms with E-state index in [9.17, 15) is 19.1 Å². The molecule has 1 heterocycles. The molecule has 0 saturated carbocycles. The zero-order chi connectivity index (χ0) is 21.1. The van der Waals surface area contributed by atoms with Crippen LogP contribution in [0.4, 0.5) is 4.39 Å². The SMILES string of the molecule is CCCc1c(F)n(C(C)C)c(=O)n1Cc1ccc(-c2ccccc2C(=O)O)cc1. The van der Waals surface area contributed by atoms with Crippen LogP contribution < -0.4 is 5.69 Å². The van der Waals surface area contributed by atoms with Gasteiger partial charge in [-0.1, -0.05) is 55.8 Å². The molecule has 0 radical (unpaired) electrons. The average molecular weight is 396 g/mol. The third kappa shape index (κ3) is 4.01. The van der Waals surface area contributed by atoms with E-state index in [-0.39, 0.29) is 23.8 Å². The third-order valence-corrected chi connectivity index (χ3v) is 4.98. The summed E-state index contributed by atoms with van der Waals surface area (Å²) in [5.74, 6) is -1.44. The Morgan fingerprint density at radius 2 is 1.76 bits per heavy atom. The van der Waals surface area contributed by atoms with Crippen LogP contribution in [0.25, 0.3) is 11.1 Å². The number of benzene rings is 2. The van der Waals surface area contributed by atoms with Gasteiger partial charge in [-0.25, -0.2) is 9.59 Å². The Balaban J connectivity index is 1.96. The molecule has 0 spiro atoms. The number of carboxylic acid groups (broad SMARTS) is 1. The highest BCUT2D eigenvalue weighted by atomic mass is 19.1. The molecular formula is C23H25FN2O3. The maximum Gasteiger partial charge on any atom is 0.336 e. The first kappa shape index (κ1) is 20.6. The van der Waals surface area contributed by atoms with E-state index in [0.29, 0.717) is 17.7 Å². The monoisotopic (exact) mass is 396 g/mol. The topological polar surface area (TPSA) is 64.2 Å². The molecule has 152 valence electrons. The Bertz CT molecular complexity index is 1080. The Kier molecular flexibility index (Phi) is 6.01. The summed E-state index contributed by atoms with van der Waals surface area (Å²) in [5, 5.41) is 9.39. The molecule has 0 atom stereocenters. The van der Waals surface area contributed by atoms with Crippen LogP contribution >= 0.6 is 0 Å². The Morgan fingerprint density at radius 3 is 2.34 bits per heavy atom. The van der Waals surface area contributed by atoms with Gasteiger partial charge in [-0.2, -0.15) is 4.39 Å². The van der Waals surface area contributed by atoms with Crippen LogP contribution in [0, 0.1) is 5.95 Å². The first-order valence-corrected chi connectivity index (χ1v) is 9.76. The summed E-state index contributed by atoms with van der Waals surface area (Å²) < 4.78 is 17.5. The molecule has 3 aromatic rings. The number of nitrogens with zero attached hydrogens (tertiary/aromatic N) is 2. The first-order valence-electron chi connectivity index (χ1n) is 9.76. The number of carbonyl (C=O) groups is 1. The van der Waals surface area contributed by atoms with Gasteiger partial charge >= 0.3 is 11.7 Å². The highest BCUT2D eigenvalue weighted by Gasteiger charge is 2.21. The molecule has 0 aliphatic rings.